The van der Waals surface area contributed by atoms with E-state index in [0.717, 1.165) is 14.9 Å². The van der Waals surface area contributed by atoms with Crippen molar-refractivity contribution in [2.45, 2.75) is 4.90 Å². The van der Waals surface area contributed by atoms with Crippen LogP contribution in [-0.4, -0.2) is 29.6 Å². The van der Waals surface area contributed by atoms with Crippen molar-refractivity contribution in [2.75, 3.05) is 0 Å². The van der Waals surface area contributed by atoms with Gasteiger partial charge in [0.1, 0.15) is 0 Å². The van der Waals surface area contributed by atoms with E-state index in [9.17, 15) is 0 Å². The van der Waals surface area contributed by atoms with Crippen molar-refractivity contribution in [3.05, 3.63) is 64.6 Å². The number of thiol groups is 1. The van der Waals surface area contributed by atoms with Gasteiger partial charge in [0.2, 0.25) is 0 Å². The summed E-state index contributed by atoms with van der Waals surface area (Å²) in [6.07, 6.45) is 0. The standard InChI is InChI=1S/C6H4Cl2.C6H6S.Na/c7-5-1-2-6(8)4-3-5;7-6-4-2-1-3-5-6;/h1-4H;1-5,7H;. The Bertz CT molecular complexity index is 369. The van der Waals surface area contributed by atoms with Crippen LogP contribution in [0.3, 0.4) is 0 Å². The zero-order valence-corrected chi connectivity index (χ0v) is 13.3. The fourth-order valence-corrected chi connectivity index (χ4v) is 1.28. The van der Waals surface area contributed by atoms with E-state index < -0.39 is 0 Å². The number of halogens is 2. The minimum atomic E-state index is 0. The molecule has 0 fully saturated rings. The molecule has 0 N–H and O–H groups in total. The Morgan fingerprint density at radius 3 is 1.31 bits per heavy atom. The smallest absolute Gasteiger partial charge is 0.0407 e. The fraction of sp³-hybridized carbons (Fsp3) is 0. The number of benzene rings is 2. The van der Waals surface area contributed by atoms with Crippen molar-refractivity contribution >= 4 is 65.4 Å². The molecule has 0 atom stereocenters. The molecule has 0 unspecified atom stereocenters. The van der Waals surface area contributed by atoms with Gasteiger partial charge in [0.05, 0.1) is 0 Å². The molecule has 2 rings (SSSR count). The average Bonchev–Trinajstić information content (AvgIpc) is 2.25. The first-order chi connectivity index (χ1) is 7.18. The minimum Gasteiger partial charge on any atom is -0.143 e. The van der Waals surface area contributed by atoms with Crippen LogP contribution in [0.1, 0.15) is 0 Å². The Hall–Kier alpha value is 0.370. The van der Waals surface area contributed by atoms with E-state index in [1.807, 2.05) is 30.3 Å². The van der Waals surface area contributed by atoms with E-state index in [-0.39, 0.29) is 29.6 Å². The van der Waals surface area contributed by atoms with Crippen LogP contribution in [-0.2, 0) is 0 Å². The molecular weight excluding hydrogens is 270 g/mol. The molecule has 0 spiro atoms. The quantitative estimate of drug-likeness (QED) is 0.529. The van der Waals surface area contributed by atoms with Gasteiger partial charge in [0, 0.05) is 44.5 Å². The first-order valence-corrected chi connectivity index (χ1v) is 5.54. The van der Waals surface area contributed by atoms with Crippen LogP contribution in [0.4, 0.5) is 0 Å². The van der Waals surface area contributed by atoms with Crippen LogP contribution in [0.2, 0.25) is 10.0 Å². The van der Waals surface area contributed by atoms with Crippen molar-refractivity contribution in [1.29, 1.82) is 0 Å². The van der Waals surface area contributed by atoms with Gasteiger partial charge in [-0.3, -0.25) is 0 Å². The number of rotatable bonds is 0. The van der Waals surface area contributed by atoms with E-state index in [0.29, 0.717) is 0 Å². The number of hydrogen-bond acceptors (Lipinski definition) is 1. The van der Waals surface area contributed by atoms with Gasteiger partial charge in [0.15, 0.2) is 0 Å². The predicted molar refractivity (Wildman–Crippen MR) is 75.9 cm³/mol. The van der Waals surface area contributed by atoms with Crippen molar-refractivity contribution in [3.63, 3.8) is 0 Å². The summed E-state index contributed by atoms with van der Waals surface area (Å²) in [5, 5.41) is 1.43. The van der Waals surface area contributed by atoms with Crippen molar-refractivity contribution < 1.29 is 0 Å². The molecule has 0 saturated carbocycles. The Morgan fingerprint density at radius 2 is 1.06 bits per heavy atom. The molecule has 0 aromatic heterocycles. The van der Waals surface area contributed by atoms with Gasteiger partial charge in [-0.25, -0.2) is 0 Å². The second-order valence-corrected chi connectivity index (χ2v) is 4.16. The monoisotopic (exact) mass is 279 g/mol. The maximum absolute atomic E-state index is 5.55. The third-order valence-corrected chi connectivity index (χ3v) is 2.36. The molecule has 4 heteroatoms. The summed E-state index contributed by atoms with van der Waals surface area (Å²) in [4.78, 5) is 1.02. The summed E-state index contributed by atoms with van der Waals surface area (Å²) >= 11 is 15.2. The van der Waals surface area contributed by atoms with Crippen LogP contribution in [0.25, 0.3) is 0 Å². The molecule has 2 aromatic carbocycles. The summed E-state index contributed by atoms with van der Waals surface area (Å²) < 4.78 is 0. The van der Waals surface area contributed by atoms with Crippen LogP contribution in [0.5, 0.6) is 0 Å². The normalized spacial score (nSPS) is 8.44. The Labute approximate surface area is 134 Å². The molecule has 0 aliphatic carbocycles. The molecule has 0 aliphatic heterocycles. The summed E-state index contributed by atoms with van der Waals surface area (Å²) in [5.41, 5.74) is 0. The van der Waals surface area contributed by atoms with E-state index >= 15 is 0 Å². The van der Waals surface area contributed by atoms with E-state index in [2.05, 4.69) is 12.6 Å². The summed E-state index contributed by atoms with van der Waals surface area (Å²) in [7, 11) is 0. The Morgan fingerprint density at radius 1 is 0.688 bits per heavy atom. The Kier molecular flexibility index (Phi) is 9.62. The third kappa shape index (κ3) is 7.61. The number of hydrogen-bond donors (Lipinski definition) is 1. The van der Waals surface area contributed by atoms with Crippen molar-refractivity contribution in [2.24, 2.45) is 0 Å². The minimum absolute atomic E-state index is 0. The summed E-state index contributed by atoms with van der Waals surface area (Å²) in [6, 6.07) is 16.8. The second kappa shape index (κ2) is 9.41. The predicted octanol–water partition coefficient (Wildman–Crippen LogP) is 4.59. The van der Waals surface area contributed by atoms with Crippen LogP contribution in [0.15, 0.2) is 59.5 Å². The maximum atomic E-state index is 5.55. The zero-order valence-electron chi connectivity index (χ0n) is 8.90. The van der Waals surface area contributed by atoms with Gasteiger partial charge in [-0.1, -0.05) is 41.4 Å². The molecule has 79 valence electrons. The van der Waals surface area contributed by atoms with E-state index in [1.165, 1.54) is 0 Å². The van der Waals surface area contributed by atoms with Gasteiger partial charge < -0.3 is 0 Å². The molecule has 0 aliphatic rings. The molecule has 1 radical (unpaired) electrons. The first kappa shape index (κ1) is 16.4. The van der Waals surface area contributed by atoms with E-state index in [1.54, 1.807) is 24.3 Å². The van der Waals surface area contributed by atoms with Crippen molar-refractivity contribution in [1.82, 2.24) is 0 Å². The molecule has 0 nitrogen and oxygen atoms in total. The van der Waals surface area contributed by atoms with Crippen LogP contribution in [0, 0.1) is 0 Å². The molecule has 16 heavy (non-hydrogen) atoms. The van der Waals surface area contributed by atoms with Gasteiger partial charge in [-0.2, -0.15) is 0 Å². The maximum Gasteiger partial charge on any atom is 0.0407 e. The SMILES string of the molecule is Clc1ccc(Cl)cc1.Sc1ccccc1.[Na]. The molecular formula is C12H10Cl2NaS. The molecule has 0 amide bonds. The fourth-order valence-electron chi connectivity index (χ4n) is 0.858. The molecule has 0 heterocycles. The molecule has 0 saturated heterocycles. The van der Waals surface area contributed by atoms with Gasteiger partial charge >= 0.3 is 0 Å². The van der Waals surface area contributed by atoms with Gasteiger partial charge in [0.25, 0.3) is 0 Å². The van der Waals surface area contributed by atoms with E-state index in [4.69, 9.17) is 23.2 Å². The summed E-state index contributed by atoms with van der Waals surface area (Å²) in [6.45, 7) is 0. The third-order valence-electron chi connectivity index (χ3n) is 1.56. The van der Waals surface area contributed by atoms with Crippen LogP contribution < -0.4 is 0 Å². The summed E-state index contributed by atoms with van der Waals surface area (Å²) in [5.74, 6) is 0. The van der Waals surface area contributed by atoms with Crippen molar-refractivity contribution in [3.8, 4) is 0 Å². The Balaban J connectivity index is 0.000000267. The molecule has 2 aromatic rings. The van der Waals surface area contributed by atoms with Gasteiger partial charge in [-0.15, -0.1) is 12.6 Å². The van der Waals surface area contributed by atoms with Crippen LogP contribution >= 0.6 is 35.8 Å². The first-order valence-electron chi connectivity index (χ1n) is 4.33. The average molecular weight is 280 g/mol. The second-order valence-electron chi connectivity index (χ2n) is 2.77. The topological polar surface area (TPSA) is 0 Å². The largest absolute Gasteiger partial charge is 0.143 e. The van der Waals surface area contributed by atoms with Gasteiger partial charge in [-0.05, 0) is 36.4 Å². The molecule has 0 bridgehead atoms. The zero-order chi connectivity index (χ0) is 11.1.